The molecule has 0 saturated carbocycles. The minimum atomic E-state index is -0.455. The third kappa shape index (κ3) is 2.62. The largest absolute Gasteiger partial charge is 0.375 e. The van der Waals surface area contributed by atoms with E-state index < -0.39 is 11.2 Å². The van der Waals surface area contributed by atoms with Gasteiger partial charge in [0.25, 0.3) is 11.5 Å². The third-order valence-corrected chi connectivity index (χ3v) is 4.42. The van der Waals surface area contributed by atoms with Crippen LogP contribution in [0.25, 0.3) is 11.0 Å². The van der Waals surface area contributed by atoms with Crippen LogP contribution in [0.4, 0.5) is 0 Å². The highest BCUT2D eigenvalue weighted by Crippen LogP contribution is 2.14. The number of carbonyl (C=O) groups excluding carboxylic acids is 1. The molecule has 1 atom stereocenters. The number of amides is 1. The average Bonchev–Trinajstić information content (AvgIpc) is 2.63. The van der Waals surface area contributed by atoms with Crippen molar-refractivity contribution < 1.29 is 9.53 Å². The fourth-order valence-electron chi connectivity index (χ4n) is 2.92. The Bertz CT molecular complexity index is 915. The van der Waals surface area contributed by atoms with Crippen LogP contribution < -0.4 is 11.2 Å². The molecule has 24 heavy (non-hydrogen) atoms. The van der Waals surface area contributed by atoms with Crippen LogP contribution in [0.2, 0.25) is 0 Å². The van der Waals surface area contributed by atoms with Gasteiger partial charge in [-0.2, -0.15) is 0 Å². The van der Waals surface area contributed by atoms with Crippen molar-refractivity contribution in [2.24, 2.45) is 14.1 Å². The van der Waals surface area contributed by atoms with Crippen molar-refractivity contribution in [2.45, 2.75) is 19.4 Å². The Balaban J connectivity index is 2.03. The zero-order chi connectivity index (χ0) is 17.4. The molecule has 3 heterocycles. The summed E-state index contributed by atoms with van der Waals surface area (Å²) in [6, 6.07) is 1.52. The first-order valence-corrected chi connectivity index (χ1v) is 7.90. The van der Waals surface area contributed by atoms with Gasteiger partial charge in [-0.05, 0) is 12.5 Å². The van der Waals surface area contributed by atoms with Gasteiger partial charge in [-0.1, -0.05) is 6.92 Å². The van der Waals surface area contributed by atoms with Crippen molar-refractivity contribution in [2.75, 3.05) is 19.7 Å². The van der Waals surface area contributed by atoms with Crippen LogP contribution in [-0.4, -0.2) is 50.7 Å². The minimum absolute atomic E-state index is 0.0322. The SMILES string of the molecule is CCC1CN(C(=O)c2cnc3c(c2)c(=O)n(C)c(=O)n3C)CCO1. The lowest BCUT2D eigenvalue weighted by Gasteiger charge is -2.32. The number of ether oxygens (including phenoxy) is 1. The van der Waals surface area contributed by atoms with Gasteiger partial charge in [0.2, 0.25) is 0 Å². The molecule has 8 nitrogen and oxygen atoms in total. The molecule has 0 aliphatic carbocycles. The quantitative estimate of drug-likeness (QED) is 0.765. The van der Waals surface area contributed by atoms with Crippen LogP contribution in [0.1, 0.15) is 23.7 Å². The van der Waals surface area contributed by atoms with E-state index in [0.717, 1.165) is 11.0 Å². The molecule has 1 unspecified atom stereocenters. The van der Waals surface area contributed by atoms with Crippen molar-refractivity contribution in [1.82, 2.24) is 19.0 Å². The van der Waals surface area contributed by atoms with E-state index in [1.54, 1.807) is 11.9 Å². The van der Waals surface area contributed by atoms with Crippen LogP contribution in [0.3, 0.4) is 0 Å². The Labute approximate surface area is 138 Å². The Hall–Kier alpha value is -2.48. The molecule has 0 spiro atoms. The van der Waals surface area contributed by atoms with Crippen molar-refractivity contribution in [3.8, 4) is 0 Å². The van der Waals surface area contributed by atoms with Crippen LogP contribution in [0.5, 0.6) is 0 Å². The fraction of sp³-hybridized carbons (Fsp3) is 0.500. The second-order valence-corrected chi connectivity index (χ2v) is 5.95. The number of hydrogen-bond acceptors (Lipinski definition) is 5. The molecule has 1 amide bonds. The van der Waals surface area contributed by atoms with Gasteiger partial charge in [0.05, 0.1) is 23.7 Å². The molecule has 0 N–H and O–H groups in total. The maximum absolute atomic E-state index is 12.7. The highest BCUT2D eigenvalue weighted by Gasteiger charge is 2.25. The summed E-state index contributed by atoms with van der Waals surface area (Å²) >= 11 is 0. The monoisotopic (exact) mass is 332 g/mol. The van der Waals surface area contributed by atoms with Crippen LogP contribution >= 0.6 is 0 Å². The molecule has 3 rings (SSSR count). The maximum Gasteiger partial charge on any atom is 0.332 e. The normalized spacial score (nSPS) is 18.1. The number of aryl methyl sites for hydroxylation is 1. The summed E-state index contributed by atoms with van der Waals surface area (Å²) in [5.74, 6) is -0.179. The number of hydrogen-bond donors (Lipinski definition) is 0. The van der Waals surface area contributed by atoms with Gasteiger partial charge in [-0.15, -0.1) is 0 Å². The third-order valence-electron chi connectivity index (χ3n) is 4.42. The summed E-state index contributed by atoms with van der Waals surface area (Å²) in [5.41, 5.74) is -0.287. The molecule has 2 aromatic heterocycles. The number of pyridine rings is 1. The van der Waals surface area contributed by atoms with E-state index in [4.69, 9.17) is 4.74 Å². The molecule has 128 valence electrons. The predicted molar refractivity (Wildman–Crippen MR) is 88.2 cm³/mol. The van der Waals surface area contributed by atoms with Gasteiger partial charge in [0, 0.05) is 33.4 Å². The Morgan fingerprint density at radius 2 is 2.08 bits per heavy atom. The van der Waals surface area contributed by atoms with Crippen LogP contribution in [0.15, 0.2) is 21.9 Å². The van der Waals surface area contributed by atoms with Crippen molar-refractivity contribution >= 4 is 16.9 Å². The van der Waals surface area contributed by atoms with Crippen LogP contribution in [-0.2, 0) is 18.8 Å². The van der Waals surface area contributed by atoms with Crippen molar-refractivity contribution in [1.29, 1.82) is 0 Å². The zero-order valence-electron chi connectivity index (χ0n) is 14.0. The molecule has 8 heteroatoms. The number of aromatic nitrogens is 3. The van der Waals surface area contributed by atoms with E-state index in [2.05, 4.69) is 4.98 Å². The smallest absolute Gasteiger partial charge is 0.332 e. The highest BCUT2D eigenvalue weighted by molar-refractivity contribution is 5.96. The summed E-state index contributed by atoms with van der Waals surface area (Å²) in [6.07, 6.45) is 2.28. The lowest BCUT2D eigenvalue weighted by atomic mass is 10.1. The van der Waals surface area contributed by atoms with Gasteiger partial charge in [0.15, 0.2) is 0 Å². The predicted octanol–water partition coefficient (Wildman–Crippen LogP) is -0.117. The Morgan fingerprint density at radius 1 is 1.33 bits per heavy atom. The number of carbonyl (C=O) groups is 1. The number of nitrogens with zero attached hydrogens (tertiary/aromatic N) is 4. The Kier molecular flexibility index (Phi) is 4.23. The minimum Gasteiger partial charge on any atom is -0.375 e. The summed E-state index contributed by atoms with van der Waals surface area (Å²) in [6.45, 7) is 3.55. The van der Waals surface area contributed by atoms with E-state index in [9.17, 15) is 14.4 Å². The molecule has 0 aromatic carbocycles. The molecule has 1 aliphatic rings. The highest BCUT2D eigenvalue weighted by atomic mass is 16.5. The van der Waals surface area contributed by atoms with E-state index in [-0.39, 0.29) is 23.0 Å². The lowest BCUT2D eigenvalue weighted by Crippen LogP contribution is -2.45. The first-order valence-electron chi connectivity index (χ1n) is 7.90. The van der Waals surface area contributed by atoms with Crippen molar-refractivity contribution in [3.05, 3.63) is 38.7 Å². The second-order valence-electron chi connectivity index (χ2n) is 5.95. The zero-order valence-corrected chi connectivity index (χ0v) is 14.0. The molecule has 1 aliphatic heterocycles. The summed E-state index contributed by atoms with van der Waals surface area (Å²) in [7, 11) is 2.96. The topological polar surface area (TPSA) is 86.4 Å². The number of fused-ring (bicyclic) bond motifs is 1. The summed E-state index contributed by atoms with van der Waals surface area (Å²) in [4.78, 5) is 42.8. The van der Waals surface area contributed by atoms with Crippen molar-refractivity contribution in [3.63, 3.8) is 0 Å². The number of rotatable bonds is 2. The molecular weight excluding hydrogens is 312 g/mol. The molecule has 1 saturated heterocycles. The summed E-state index contributed by atoms with van der Waals surface area (Å²) < 4.78 is 7.89. The molecule has 2 aromatic rings. The fourth-order valence-corrected chi connectivity index (χ4v) is 2.92. The van der Waals surface area contributed by atoms with E-state index >= 15 is 0 Å². The molecule has 0 radical (unpaired) electrons. The van der Waals surface area contributed by atoms with E-state index in [0.29, 0.717) is 25.3 Å². The van der Waals surface area contributed by atoms with Crippen LogP contribution in [0, 0.1) is 0 Å². The molecular formula is C16H20N4O4. The van der Waals surface area contributed by atoms with Gasteiger partial charge >= 0.3 is 5.69 Å². The first-order chi connectivity index (χ1) is 11.4. The van der Waals surface area contributed by atoms with Gasteiger partial charge in [0.1, 0.15) is 5.65 Å². The van der Waals surface area contributed by atoms with Gasteiger partial charge in [-0.3, -0.25) is 18.7 Å². The first kappa shape index (κ1) is 16.4. The summed E-state index contributed by atoms with van der Waals surface area (Å²) in [5, 5.41) is 0.255. The maximum atomic E-state index is 12.7. The van der Waals surface area contributed by atoms with E-state index in [1.807, 2.05) is 6.92 Å². The van der Waals surface area contributed by atoms with Gasteiger partial charge in [-0.25, -0.2) is 9.78 Å². The molecule has 0 bridgehead atoms. The second kappa shape index (κ2) is 6.20. The Morgan fingerprint density at radius 3 is 2.79 bits per heavy atom. The molecule has 1 fully saturated rings. The standard InChI is InChI=1S/C16H20N4O4/c1-4-11-9-20(5-6-24-11)14(21)10-7-12-13(17-8-10)18(2)16(23)19(3)15(12)22/h7-8,11H,4-6,9H2,1-3H3. The average molecular weight is 332 g/mol. The number of morpholine rings is 1. The van der Waals surface area contributed by atoms with E-state index in [1.165, 1.54) is 23.9 Å². The lowest BCUT2D eigenvalue weighted by molar-refractivity contribution is -0.0226. The van der Waals surface area contributed by atoms with Gasteiger partial charge < -0.3 is 9.64 Å².